The van der Waals surface area contributed by atoms with Gasteiger partial charge >= 0.3 is 0 Å². The smallest absolute Gasteiger partial charge is 0.253 e. The first kappa shape index (κ1) is 16.2. The lowest BCUT2D eigenvalue weighted by Crippen LogP contribution is -2.43. The number of benzene rings is 2. The van der Waals surface area contributed by atoms with Crippen LogP contribution in [0.3, 0.4) is 0 Å². The van der Waals surface area contributed by atoms with Gasteiger partial charge in [0.05, 0.1) is 13.7 Å². The predicted molar refractivity (Wildman–Crippen MR) is 90.9 cm³/mol. The van der Waals surface area contributed by atoms with Crippen LogP contribution in [0, 0.1) is 0 Å². The molecule has 5 nitrogen and oxygen atoms in total. The molecule has 2 aromatic rings. The average Bonchev–Trinajstić information content (AvgIpc) is 2.65. The summed E-state index contributed by atoms with van der Waals surface area (Å²) in [6, 6.07) is 14.7. The van der Waals surface area contributed by atoms with Crippen molar-refractivity contribution in [3.05, 3.63) is 54.1 Å². The zero-order valence-corrected chi connectivity index (χ0v) is 13.9. The predicted octanol–water partition coefficient (Wildman–Crippen LogP) is 3.00. The molecular weight excluding hydrogens is 306 g/mol. The summed E-state index contributed by atoms with van der Waals surface area (Å²) in [6.45, 7) is 3.48. The van der Waals surface area contributed by atoms with Crippen LogP contribution in [0.25, 0.3) is 0 Å². The Morgan fingerprint density at radius 2 is 1.88 bits per heavy atom. The van der Waals surface area contributed by atoms with Crippen molar-refractivity contribution in [3.63, 3.8) is 0 Å². The molecular formula is C19H21NO4. The molecule has 1 heterocycles. The van der Waals surface area contributed by atoms with Crippen LogP contribution in [-0.4, -0.2) is 43.7 Å². The maximum Gasteiger partial charge on any atom is 0.253 e. The Bertz CT molecular complexity index is 699. The second kappa shape index (κ2) is 7.25. The van der Waals surface area contributed by atoms with Crippen molar-refractivity contribution in [2.24, 2.45) is 0 Å². The largest absolute Gasteiger partial charge is 0.497 e. The van der Waals surface area contributed by atoms with E-state index in [2.05, 4.69) is 0 Å². The summed E-state index contributed by atoms with van der Waals surface area (Å²) in [4.78, 5) is 14.5. The van der Waals surface area contributed by atoms with Gasteiger partial charge in [-0.2, -0.15) is 0 Å². The van der Waals surface area contributed by atoms with Crippen molar-refractivity contribution in [1.82, 2.24) is 4.90 Å². The van der Waals surface area contributed by atoms with Crippen LogP contribution in [0.5, 0.6) is 17.2 Å². The van der Waals surface area contributed by atoms with E-state index in [1.165, 1.54) is 0 Å². The van der Waals surface area contributed by atoms with Crippen LogP contribution in [0.15, 0.2) is 48.5 Å². The summed E-state index contributed by atoms with van der Waals surface area (Å²) in [6.07, 6.45) is -0.179. The normalized spacial score (nSPS) is 15.7. The molecule has 2 aromatic carbocycles. The van der Waals surface area contributed by atoms with E-state index in [0.717, 1.165) is 17.2 Å². The van der Waals surface area contributed by atoms with E-state index < -0.39 is 0 Å². The van der Waals surface area contributed by atoms with Gasteiger partial charge in [-0.25, -0.2) is 0 Å². The Labute approximate surface area is 141 Å². The summed E-state index contributed by atoms with van der Waals surface area (Å²) in [5.41, 5.74) is 0.634. The molecule has 0 spiro atoms. The van der Waals surface area contributed by atoms with Crippen molar-refractivity contribution in [1.29, 1.82) is 0 Å². The highest BCUT2D eigenvalue weighted by Gasteiger charge is 2.25. The Morgan fingerprint density at radius 3 is 2.54 bits per heavy atom. The number of hydrogen-bond donors (Lipinski definition) is 0. The van der Waals surface area contributed by atoms with Crippen molar-refractivity contribution >= 4 is 5.91 Å². The fourth-order valence-electron chi connectivity index (χ4n) is 2.67. The quantitative estimate of drug-likeness (QED) is 0.847. The maximum absolute atomic E-state index is 12.7. The maximum atomic E-state index is 12.7. The number of fused-ring (bicyclic) bond motifs is 1. The van der Waals surface area contributed by atoms with Crippen molar-refractivity contribution in [2.75, 3.05) is 26.8 Å². The van der Waals surface area contributed by atoms with Gasteiger partial charge in [0.1, 0.15) is 12.4 Å². The highest BCUT2D eigenvalue weighted by atomic mass is 16.6. The Hall–Kier alpha value is -2.69. The topological polar surface area (TPSA) is 48.0 Å². The van der Waals surface area contributed by atoms with Gasteiger partial charge in [-0.15, -0.1) is 0 Å². The third-order valence-electron chi connectivity index (χ3n) is 4.00. The van der Waals surface area contributed by atoms with E-state index in [1.54, 1.807) is 36.3 Å². The molecule has 0 saturated heterocycles. The van der Waals surface area contributed by atoms with Gasteiger partial charge in [-0.3, -0.25) is 4.79 Å². The average molecular weight is 327 g/mol. The molecule has 0 bridgehead atoms. The molecule has 0 aliphatic carbocycles. The molecule has 1 amide bonds. The monoisotopic (exact) mass is 327 g/mol. The van der Waals surface area contributed by atoms with Gasteiger partial charge in [-0.1, -0.05) is 12.1 Å². The number of likely N-dealkylation sites (N-methyl/N-ethyl adjacent to an activating group) is 1. The van der Waals surface area contributed by atoms with E-state index in [4.69, 9.17) is 14.2 Å². The Balaban J connectivity index is 1.67. The van der Waals surface area contributed by atoms with Gasteiger partial charge in [0, 0.05) is 12.1 Å². The molecule has 0 radical (unpaired) electrons. The van der Waals surface area contributed by atoms with Crippen LogP contribution in [0.1, 0.15) is 17.3 Å². The van der Waals surface area contributed by atoms with Crippen LogP contribution < -0.4 is 14.2 Å². The molecule has 3 rings (SSSR count). The van der Waals surface area contributed by atoms with Gasteiger partial charge in [0.2, 0.25) is 0 Å². The summed E-state index contributed by atoms with van der Waals surface area (Å²) < 4.78 is 16.8. The molecule has 5 heteroatoms. The van der Waals surface area contributed by atoms with E-state index in [-0.39, 0.29) is 12.0 Å². The fraction of sp³-hybridized carbons (Fsp3) is 0.316. The molecule has 1 atom stereocenters. The van der Waals surface area contributed by atoms with Gasteiger partial charge in [-0.05, 0) is 43.3 Å². The lowest BCUT2D eigenvalue weighted by atomic mass is 10.1. The van der Waals surface area contributed by atoms with Crippen LogP contribution >= 0.6 is 0 Å². The van der Waals surface area contributed by atoms with Crippen LogP contribution in [0.4, 0.5) is 0 Å². The SMILES string of the molecule is CCN(C[C@H]1COc2ccccc2O1)C(=O)c1ccc(OC)cc1. The summed E-state index contributed by atoms with van der Waals surface area (Å²) in [5.74, 6) is 2.18. The first-order valence-corrected chi connectivity index (χ1v) is 8.03. The van der Waals surface area contributed by atoms with E-state index in [9.17, 15) is 4.79 Å². The number of carbonyl (C=O) groups is 1. The van der Waals surface area contributed by atoms with E-state index >= 15 is 0 Å². The second-order valence-electron chi connectivity index (χ2n) is 5.57. The molecule has 1 aliphatic rings. The first-order chi connectivity index (χ1) is 11.7. The van der Waals surface area contributed by atoms with Gasteiger partial charge < -0.3 is 19.1 Å². The summed E-state index contributed by atoms with van der Waals surface area (Å²) in [5, 5.41) is 0. The highest BCUT2D eigenvalue weighted by Crippen LogP contribution is 2.31. The van der Waals surface area contributed by atoms with E-state index in [1.807, 2.05) is 31.2 Å². The van der Waals surface area contributed by atoms with Crippen LogP contribution in [0.2, 0.25) is 0 Å². The number of ether oxygens (including phenoxy) is 3. The number of hydrogen-bond acceptors (Lipinski definition) is 4. The highest BCUT2D eigenvalue weighted by molar-refractivity contribution is 5.94. The third-order valence-corrected chi connectivity index (χ3v) is 4.00. The van der Waals surface area contributed by atoms with Crippen molar-refractivity contribution in [3.8, 4) is 17.2 Å². The minimum Gasteiger partial charge on any atom is -0.497 e. The molecule has 0 aromatic heterocycles. The minimum atomic E-state index is -0.179. The lowest BCUT2D eigenvalue weighted by molar-refractivity contribution is 0.0475. The molecule has 24 heavy (non-hydrogen) atoms. The first-order valence-electron chi connectivity index (χ1n) is 8.03. The number of methoxy groups -OCH3 is 1. The van der Waals surface area contributed by atoms with Gasteiger partial charge in [0.15, 0.2) is 17.6 Å². The van der Waals surface area contributed by atoms with Crippen molar-refractivity contribution in [2.45, 2.75) is 13.0 Å². The van der Waals surface area contributed by atoms with Gasteiger partial charge in [0.25, 0.3) is 5.91 Å². The fourth-order valence-corrected chi connectivity index (χ4v) is 2.67. The summed E-state index contributed by atoms with van der Waals surface area (Å²) in [7, 11) is 1.60. The molecule has 126 valence electrons. The number of para-hydroxylation sites is 2. The Morgan fingerprint density at radius 1 is 1.17 bits per heavy atom. The second-order valence-corrected chi connectivity index (χ2v) is 5.57. The minimum absolute atomic E-state index is 0.0254. The zero-order valence-electron chi connectivity index (χ0n) is 13.9. The molecule has 1 aliphatic heterocycles. The number of nitrogens with zero attached hydrogens (tertiary/aromatic N) is 1. The number of carbonyl (C=O) groups excluding carboxylic acids is 1. The van der Waals surface area contributed by atoms with Crippen molar-refractivity contribution < 1.29 is 19.0 Å². The standard InChI is InChI=1S/C19H21NO4/c1-3-20(19(21)14-8-10-15(22-2)11-9-14)12-16-13-23-17-6-4-5-7-18(17)24-16/h4-11,16H,3,12-13H2,1-2H3/t16-/m0/s1. The zero-order chi connectivity index (χ0) is 16.9. The molecule has 0 N–H and O–H groups in total. The molecule has 0 fully saturated rings. The third kappa shape index (κ3) is 3.45. The van der Waals surface area contributed by atoms with Crippen LogP contribution in [-0.2, 0) is 0 Å². The number of amides is 1. The lowest BCUT2D eigenvalue weighted by Gasteiger charge is -2.31. The summed E-state index contributed by atoms with van der Waals surface area (Å²) >= 11 is 0. The Kier molecular flexibility index (Phi) is 4.89. The molecule has 0 unspecified atom stereocenters. The number of rotatable bonds is 5. The van der Waals surface area contributed by atoms with E-state index in [0.29, 0.717) is 25.3 Å². The molecule has 0 saturated carbocycles.